The van der Waals surface area contributed by atoms with Crippen molar-refractivity contribution in [2.75, 3.05) is 5.32 Å². The van der Waals surface area contributed by atoms with Gasteiger partial charge in [-0.3, -0.25) is 14.5 Å². The Labute approximate surface area is 170 Å². The third-order valence-corrected chi connectivity index (χ3v) is 6.03. The highest BCUT2D eigenvalue weighted by Crippen LogP contribution is 2.29. The zero-order valence-corrected chi connectivity index (χ0v) is 16.4. The number of hydrogen-bond donors (Lipinski definition) is 2. The molecule has 4 rings (SSSR count). The van der Waals surface area contributed by atoms with Gasteiger partial charge in [0.25, 0.3) is 5.91 Å². The number of imide groups is 1. The minimum Gasteiger partial charge on any atom is -0.325 e. The summed E-state index contributed by atoms with van der Waals surface area (Å²) < 4.78 is 13.9. The van der Waals surface area contributed by atoms with E-state index in [1.54, 1.807) is 18.2 Å². The second kappa shape index (κ2) is 8.24. The van der Waals surface area contributed by atoms with E-state index in [9.17, 15) is 18.8 Å². The van der Waals surface area contributed by atoms with Crippen molar-refractivity contribution in [1.29, 1.82) is 0 Å². The van der Waals surface area contributed by atoms with Crippen LogP contribution in [0.15, 0.2) is 24.3 Å². The number of hydrogen-bond acceptors (Lipinski definition) is 6. The Hall–Kier alpha value is -2.88. The lowest BCUT2D eigenvalue weighted by Gasteiger charge is -2.28. The van der Waals surface area contributed by atoms with Crippen LogP contribution >= 0.6 is 11.3 Å². The number of halogens is 1. The monoisotopic (exact) mass is 417 g/mol. The second-order valence-corrected chi connectivity index (χ2v) is 8.12. The first-order chi connectivity index (χ1) is 14.0. The standard InChI is InChI=1S/C19H20FN5O3S/c20-13-9-5-4-8-12(13)16-23-24-18(29-16)22-15(26)10-14-17(27)25(19(28)21-14)11-6-2-1-3-7-11/h4-5,8-9,11,14H,1-3,6-7,10H2,(H,21,28)(H,22,24,26)/t14-/m1/s1. The fraction of sp³-hybridized carbons (Fsp3) is 0.421. The minimum absolute atomic E-state index is 0.0872. The van der Waals surface area contributed by atoms with Gasteiger partial charge in [0.05, 0.1) is 6.42 Å². The highest BCUT2D eigenvalue weighted by molar-refractivity contribution is 7.18. The summed E-state index contributed by atoms with van der Waals surface area (Å²) in [6.07, 6.45) is 4.52. The Morgan fingerprint density at radius 3 is 2.72 bits per heavy atom. The lowest BCUT2D eigenvalue weighted by molar-refractivity contribution is -0.131. The first kappa shape index (κ1) is 19.4. The average Bonchev–Trinajstić information content (AvgIpc) is 3.27. The molecule has 1 aromatic heterocycles. The summed E-state index contributed by atoms with van der Waals surface area (Å²) in [6.45, 7) is 0. The molecular formula is C19H20FN5O3S. The third kappa shape index (κ3) is 4.12. The van der Waals surface area contributed by atoms with Gasteiger partial charge in [0.2, 0.25) is 11.0 Å². The van der Waals surface area contributed by atoms with Crippen LogP contribution in [0.3, 0.4) is 0 Å². The Morgan fingerprint density at radius 2 is 1.97 bits per heavy atom. The molecule has 152 valence electrons. The van der Waals surface area contributed by atoms with E-state index in [1.807, 2.05) is 0 Å². The Balaban J connectivity index is 1.37. The van der Waals surface area contributed by atoms with E-state index >= 15 is 0 Å². The van der Waals surface area contributed by atoms with Crippen molar-refractivity contribution >= 4 is 34.3 Å². The first-order valence-corrected chi connectivity index (χ1v) is 10.4. The van der Waals surface area contributed by atoms with Crippen molar-refractivity contribution < 1.29 is 18.8 Å². The van der Waals surface area contributed by atoms with Crippen LogP contribution in [0.5, 0.6) is 0 Å². The number of urea groups is 1. The number of aromatic nitrogens is 2. The third-order valence-electron chi connectivity index (χ3n) is 5.16. The number of benzene rings is 1. The van der Waals surface area contributed by atoms with Crippen LogP contribution in [0.4, 0.5) is 14.3 Å². The molecule has 1 aromatic carbocycles. The van der Waals surface area contributed by atoms with Crippen molar-refractivity contribution in [2.24, 2.45) is 0 Å². The largest absolute Gasteiger partial charge is 0.325 e. The molecule has 0 spiro atoms. The van der Waals surface area contributed by atoms with E-state index in [1.165, 1.54) is 11.0 Å². The number of carbonyl (C=O) groups is 3. The van der Waals surface area contributed by atoms with Gasteiger partial charge >= 0.3 is 6.03 Å². The van der Waals surface area contributed by atoms with E-state index in [0.717, 1.165) is 43.4 Å². The van der Waals surface area contributed by atoms with E-state index < -0.39 is 23.8 Å². The Bertz CT molecular complexity index is 943. The number of nitrogens with zero attached hydrogens (tertiary/aromatic N) is 3. The molecule has 2 heterocycles. The smallest absolute Gasteiger partial charge is 0.325 e. The van der Waals surface area contributed by atoms with Crippen molar-refractivity contribution in [2.45, 2.75) is 50.6 Å². The summed E-state index contributed by atoms with van der Waals surface area (Å²) in [6, 6.07) is 4.75. The fourth-order valence-electron chi connectivity index (χ4n) is 3.74. The maximum absolute atomic E-state index is 13.9. The lowest BCUT2D eigenvalue weighted by atomic mass is 9.94. The zero-order chi connectivity index (χ0) is 20.4. The average molecular weight is 417 g/mol. The molecular weight excluding hydrogens is 397 g/mol. The van der Waals surface area contributed by atoms with Gasteiger partial charge in [0.1, 0.15) is 11.9 Å². The van der Waals surface area contributed by atoms with Crippen molar-refractivity contribution in [3.8, 4) is 10.6 Å². The predicted molar refractivity (Wildman–Crippen MR) is 105 cm³/mol. The van der Waals surface area contributed by atoms with E-state index in [4.69, 9.17) is 0 Å². The molecule has 0 radical (unpaired) electrons. The predicted octanol–water partition coefficient (Wildman–Crippen LogP) is 2.93. The molecule has 2 aromatic rings. The quantitative estimate of drug-likeness (QED) is 0.728. The van der Waals surface area contributed by atoms with Gasteiger partial charge in [-0.15, -0.1) is 10.2 Å². The van der Waals surface area contributed by atoms with Gasteiger partial charge in [-0.25, -0.2) is 9.18 Å². The van der Waals surface area contributed by atoms with Crippen molar-refractivity contribution in [1.82, 2.24) is 20.4 Å². The van der Waals surface area contributed by atoms with Crippen molar-refractivity contribution in [3.63, 3.8) is 0 Å². The summed E-state index contributed by atoms with van der Waals surface area (Å²) in [5.74, 6) is -1.25. The van der Waals surface area contributed by atoms with Crippen LogP contribution in [-0.4, -0.2) is 45.0 Å². The number of rotatable bonds is 5. The maximum Gasteiger partial charge on any atom is 0.325 e. The SMILES string of the molecule is O=C(C[C@H]1NC(=O)N(C2CCCCC2)C1=O)Nc1nnc(-c2ccccc2F)s1. The Morgan fingerprint density at radius 1 is 1.21 bits per heavy atom. The zero-order valence-electron chi connectivity index (χ0n) is 15.6. The molecule has 2 N–H and O–H groups in total. The van der Waals surface area contributed by atoms with Crippen LogP contribution in [-0.2, 0) is 9.59 Å². The summed E-state index contributed by atoms with van der Waals surface area (Å²) in [5, 5.41) is 13.5. The minimum atomic E-state index is -0.886. The fourth-order valence-corrected chi connectivity index (χ4v) is 4.53. The van der Waals surface area contributed by atoms with E-state index in [2.05, 4.69) is 20.8 Å². The molecule has 2 fully saturated rings. The molecule has 8 nitrogen and oxygen atoms in total. The van der Waals surface area contributed by atoms with Gasteiger partial charge in [0.15, 0.2) is 5.01 Å². The molecule has 29 heavy (non-hydrogen) atoms. The Kier molecular flexibility index (Phi) is 5.52. The van der Waals surface area contributed by atoms with Crippen LogP contribution in [0.25, 0.3) is 10.6 Å². The van der Waals surface area contributed by atoms with Crippen LogP contribution in [0.2, 0.25) is 0 Å². The van der Waals surface area contributed by atoms with Crippen LogP contribution in [0, 0.1) is 5.82 Å². The van der Waals surface area contributed by atoms with E-state index in [-0.39, 0.29) is 23.5 Å². The maximum atomic E-state index is 13.9. The van der Waals surface area contributed by atoms with Gasteiger partial charge in [-0.2, -0.15) is 0 Å². The highest BCUT2D eigenvalue weighted by Gasteiger charge is 2.42. The van der Waals surface area contributed by atoms with Gasteiger partial charge in [0, 0.05) is 11.6 Å². The van der Waals surface area contributed by atoms with Gasteiger partial charge in [-0.05, 0) is 25.0 Å². The first-order valence-electron chi connectivity index (χ1n) is 9.55. The molecule has 1 aliphatic carbocycles. The summed E-state index contributed by atoms with van der Waals surface area (Å²) >= 11 is 1.03. The summed E-state index contributed by atoms with van der Waals surface area (Å²) in [4.78, 5) is 38.5. The molecule has 1 aliphatic heterocycles. The molecule has 1 saturated heterocycles. The number of nitrogens with one attached hydrogen (secondary N) is 2. The van der Waals surface area contributed by atoms with Crippen molar-refractivity contribution in [3.05, 3.63) is 30.1 Å². The highest BCUT2D eigenvalue weighted by atomic mass is 32.1. The van der Waals surface area contributed by atoms with E-state index in [0.29, 0.717) is 10.6 Å². The normalized spacial score (nSPS) is 20.0. The summed E-state index contributed by atoms with van der Waals surface area (Å²) in [5.41, 5.74) is 0.298. The van der Waals surface area contributed by atoms with Gasteiger partial charge < -0.3 is 10.6 Å². The molecule has 0 bridgehead atoms. The molecule has 10 heteroatoms. The van der Waals surface area contributed by atoms with Gasteiger partial charge in [-0.1, -0.05) is 42.7 Å². The number of anilines is 1. The van der Waals surface area contributed by atoms with Crippen LogP contribution in [0.1, 0.15) is 38.5 Å². The summed E-state index contributed by atoms with van der Waals surface area (Å²) in [7, 11) is 0. The molecule has 1 saturated carbocycles. The molecule has 0 unspecified atom stereocenters. The number of amides is 4. The topological polar surface area (TPSA) is 104 Å². The molecule has 1 atom stereocenters. The second-order valence-electron chi connectivity index (χ2n) is 7.15. The molecule has 4 amide bonds. The molecule has 2 aliphatic rings. The lowest BCUT2D eigenvalue weighted by Crippen LogP contribution is -2.42. The number of carbonyl (C=O) groups excluding carboxylic acids is 3. The van der Waals surface area contributed by atoms with Crippen LogP contribution < -0.4 is 10.6 Å².